The van der Waals surface area contributed by atoms with Crippen LogP contribution in [0.4, 0.5) is 0 Å². The van der Waals surface area contributed by atoms with E-state index in [-0.39, 0.29) is 30.0 Å². The van der Waals surface area contributed by atoms with Crippen LogP contribution in [0.1, 0.15) is 26.7 Å². The van der Waals surface area contributed by atoms with Crippen molar-refractivity contribution in [3.63, 3.8) is 0 Å². The maximum absolute atomic E-state index is 12.1. The fourth-order valence-electron chi connectivity index (χ4n) is 1.70. The summed E-state index contributed by atoms with van der Waals surface area (Å²) >= 11 is 5.63. The number of sulfone groups is 1. The van der Waals surface area contributed by atoms with E-state index in [1.807, 2.05) is 13.8 Å². The topological polar surface area (TPSA) is 71.5 Å². The minimum absolute atomic E-state index is 0.117. The summed E-state index contributed by atoms with van der Waals surface area (Å²) in [5, 5.41) is 0. The van der Waals surface area contributed by atoms with Gasteiger partial charge in [0.15, 0.2) is 0 Å². The number of hydrogen-bond donors (Lipinski definition) is 0. The monoisotopic (exact) mass is 319 g/mol. The lowest BCUT2D eigenvalue weighted by Gasteiger charge is -2.28. The number of hydrogen-bond acceptors (Lipinski definition) is 4. The summed E-state index contributed by atoms with van der Waals surface area (Å²) in [6, 6.07) is -0.117. The molecule has 0 rings (SSSR count). The van der Waals surface area contributed by atoms with Crippen LogP contribution in [0.5, 0.6) is 0 Å². The molecule has 0 aliphatic heterocycles. The van der Waals surface area contributed by atoms with Gasteiger partial charge >= 0.3 is 0 Å². The lowest BCUT2D eigenvalue weighted by Crippen LogP contribution is -2.43. The molecule has 0 heterocycles. The van der Waals surface area contributed by atoms with E-state index in [2.05, 4.69) is 0 Å². The van der Waals surface area contributed by atoms with Crippen LogP contribution in [-0.2, 0) is 19.9 Å². The third-order valence-corrected chi connectivity index (χ3v) is 6.01. The zero-order valence-corrected chi connectivity index (χ0v) is 13.5. The summed E-state index contributed by atoms with van der Waals surface area (Å²) in [6.07, 6.45) is 2.41. The first kappa shape index (κ1) is 18.1. The van der Waals surface area contributed by atoms with Crippen molar-refractivity contribution in [3.05, 3.63) is 0 Å². The molecular formula is C10H22ClNO4S2. The molecule has 0 aromatic heterocycles. The summed E-state index contributed by atoms with van der Waals surface area (Å²) < 4.78 is 47.7. The van der Waals surface area contributed by atoms with Crippen molar-refractivity contribution in [2.24, 2.45) is 0 Å². The zero-order chi connectivity index (χ0) is 14.4. The second-order valence-electron chi connectivity index (χ2n) is 4.22. The molecule has 0 aromatic rings. The third kappa shape index (κ3) is 6.36. The van der Waals surface area contributed by atoms with Crippen molar-refractivity contribution in [2.75, 3.05) is 30.2 Å². The first-order valence-corrected chi connectivity index (χ1v) is 10.1. The minimum Gasteiger partial charge on any atom is -0.229 e. The molecule has 0 atom stereocenters. The molecule has 0 saturated heterocycles. The number of halogens is 1. The molecule has 0 radical (unpaired) electrons. The number of sulfonamides is 1. The van der Waals surface area contributed by atoms with Crippen molar-refractivity contribution in [1.82, 2.24) is 4.31 Å². The fraction of sp³-hybridized carbons (Fsp3) is 1.00. The summed E-state index contributed by atoms with van der Waals surface area (Å²) in [7, 11) is -6.86. The predicted molar refractivity (Wildman–Crippen MR) is 75.3 cm³/mol. The van der Waals surface area contributed by atoms with E-state index in [1.54, 1.807) is 0 Å². The molecule has 0 N–H and O–H groups in total. The second kappa shape index (κ2) is 7.67. The minimum atomic E-state index is -3.57. The average Bonchev–Trinajstić information content (AvgIpc) is 2.26. The van der Waals surface area contributed by atoms with Crippen LogP contribution >= 0.6 is 11.6 Å². The largest absolute Gasteiger partial charge is 0.229 e. The Labute approximate surface area is 115 Å². The average molecular weight is 320 g/mol. The molecule has 8 heteroatoms. The molecule has 5 nitrogen and oxygen atoms in total. The van der Waals surface area contributed by atoms with Crippen LogP contribution in [0.3, 0.4) is 0 Å². The van der Waals surface area contributed by atoms with E-state index >= 15 is 0 Å². The van der Waals surface area contributed by atoms with Crippen LogP contribution in [0.15, 0.2) is 0 Å². The Balaban J connectivity index is 4.97. The first-order chi connectivity index (χ1) is 8.18. The lowest BCUT2D eigenvalue weighted by molar-refractivity contribution is 0.317. The summed E-state index contributed by atoms with van der Waals surface area (Å²) in [6.45, 7) is 4.03. The van der Waals surface area contributed by atoms with Gasteiger partial charge in [0, 0.05) is 24.7 Å². The maximum atomic E-state index is 12.1. The van der Waals surface area contributed by atoms with Gasteiger partial charge in [0.25, 0.3) is 0 Å². The Hall–Kier alpha value is 0.150. The van der Waals surface area contributed by atoms with Crippen LogP contribution in [0, 0.1) is 0 Å². The fourth-order valence-corrected chi connectivity index (χ4v) is 5.39. The van der Waals surface area contributed by atoms with Gasteiger partial charge in [-0.3, -0.25) is 0 Å². The zero-order valence-electron chi connectivity index (χ0n) is 11.1. The predicted octanol–water partition coefficient (Wildman–Crippen LogP) is 1.09. The normalized spacial score (nSPS) is 13.4. The van der Waals surface area contributed by atoms with E-state index in [9.17, 15) is 16.8 Å². The Morgan fingerprint density at radius 2 is 1.56 bits per heavy atom. The Morgan fingerprint density at radius 1 is 1.06 bits per heavy atom. The third-order valence-electron chi connectivity index (χ3n) is 2.72. The van der Waals surface area contributed by atoms with Gasteiger partial charge < -0.3 is 0 Å². The summed E-state index contributed by atoms with van der Waals surface area (Å²) in [5.74, 6) is -0.526. The molecule has 110 valence electrons. The molecule has 0 fully saturated rings. The summed E-state index contributed by atoms with van der Waals surface area (Å²) in [4.78, 5) is 0. The molecule has 0 bridgehead atoms. The van der Waals surface area contributed by atoms with Gasteiger partial charge in [-0.25, -0.2) is 16.8 Å². The highest BCUT2D eigenvalue weighted by atomic mass is 35.5. The van der Waals surface area contributed by atoms with Gasteiger partial charge in [0.2, 0.25) is 10.0 Å². The lowest BCUT2D eigenvalue weighted by atomic mass is 10.2. The van der Waals surface area contributed by atoms with Crippen molar-refractivity contribution in [3.8, 4) is 0 Å². The molecule has 0 unspecified atom stereocenters. The molecule has 18 heavy (non-hydrogen) atoms. The van der Waals surface area contributed by atoms with Crippen LogP contribution in [0.25, 0.3) is 0 Å². The molecule has 0 amide bonds. The van der Waals surface area contributed by atoms with Crippen molar-refractivity contribution in [1.29, 1.82) is 0 Å². The molecule has 0 aliphatic carbocycles. The highest BCUT2D eigenvalue weighted by Gasteiger charge is 2.28. The van der Waals surface area contributed by atoms with Crippen LogP contribution in [-0.4, -0.2) is 57.4 Å². The van der Waals surface area contributed by atoms with Gasteiger partial charge in [-0.05, 0) is 12.8 Å². The van der Waals surface area contributed by atoms with Gasteiger partial charge in [0.1, 0.15) is 9.84 Å². The highest BCUT2D eigenvalue weighted by molar-refractivity contribution is 7.93. The summed E-state index contributed by atoms with van der Waals surface area (Å²) in [5.41, 5.74) is 0. The molecule has 0 aromatic carbocycles. The number of alkyl halides is 1. The second-order valence-corrected chi connectivity index (χ2v) is 8.89. The van der Waals surface area contributed by atoms with Crippen LogP contribution < -0.4 is 0 Å². The van der Waals surface area contributed by atoms with Crippen LogP contribution in [0.2, 0.25) is 0 Å². The number of rotatable bonds is 9. The van der Waals surface area contributed by atoms with Crippen molar-refractivity contribution < 1.29 is 16.8 Å². The van der Waals surface area contributed by atoms with Crippen molar-refractivity contribution >= 4 is 31.5 Å². The van der Waals surface area contributed by atoms with E-state index < -0.39 is 19.9 Å². The molecule has 0 aliphatic rings. The van der Waals surface area contributed by atoms with Gasteiger partial charge in [-0.15, -0.1) is 11.6 Å². The quantitative estimate of drug-likeness (QED) is 0.596. The Bertz CT molecular complexity index is 429. The molecular weight excluding hydrogens is 298 g/mol. The number of nitrogens with zero attached hydrogens (tertiary/aromatic N) is 1. The highest BCUT2D eigenvalue weighted by Crippen LogP contribution is 2.14. The first-order valence-electron chi connectivity index (χ1n) is 5.91. The van der Waals surface area contributed by atoms with E-state index in [0.29, 0.717) is 12.8 Å². The Kier molecular flexibility index (Phi) is 7.73. The van der Waals surface area contributed by atoms with Gasteiger partial charge in [0.05, 0.1) is 11.5 Å². The van der Waals surface area contributed by atoms with E-state index in [0.717, 1.165) is 6.26 Å². The van der Waals surface area contributed by atoms with Crippen molar-refractivity contribution in [2.45, 2.75) is 32.7 Å². The Morgan fingerprint density at radius 3 is 1.89 bits per heavy atom. The van der Waals surface area contributed by atoms with E-state index in [1.165, 1.54) is 4.31 Å². The smallest absolute Gasteiger partial charge is 0.215 e. The van der Waals surface area contributed by atoms with Gasteiger partial charge in [-0.2, -0.15) is 4.31 Å². The SMILES string of the molecule is CCC(CC)N(CCCl)S(=O)(=O)CCS(C)(=O)=O. The standard InChI is InChI=1S/C10H22ClNO4S2/c1-4-10(5-2)12(7-6-11)18(15,16)9-8-17(3,13)14/h10H,4-9H2,1-3H3. The maximum Gasteiger partial charge on any atom is 0.215 e. The van der Waals surface area contributed by atoms with Gasteiger partial charge in [-0.1, -0.05) is 13.8 Å². The molecule has 0 spiro atoms. The molecule has 0 saturated carbocycles. The van der Waals surface area contributed by atoms with E-state index in [4.69, 9.17) is 11.6 Å².